The highest BCUT2D eigenvalue weighted by atomic mass is 16.5. The Labute approximate surface area is 157 Å². The molecule has 1 fully saturated rings. The van der Waals surface area contributed by atoms with Crippen LogP contribution in [0.1, 0.15) is 24.5 Å². The standard InChI is InChI=1S/C19H23N3O5/c1-26-16-6-2-3-7-17(16)27-13-18(23)21-10-4-5-14(11-21)15-8-9-20-22(15)12-19(24)25/h2-3,6-9,14H,4-5,10-13H2,1H3,(H,24,25)/t14-/m0/s1. The summed E-state index contributed by atoms with van der Waals surface area (Å²) < 4.78 is 12.4. The van der Waals surface area contributed by atoms with E-state index in [9.17, 15) is 9.59 Å². The number of hydrogen-bond donors (Lipinski definition) is 1. The zero-order valence-corrected chi connectivity index (χ0v) is 15.2. The summed E-state index contributed by atoms with van der Waals surface area (Å²) in [7, 11) is 1.56. The van der Waals surface area contributed by atoms with Crippen LogP contribution in [-0.2, 0) is 16.1 Å². The summed E-state index contributed by atoms with van der Waals surface area (Å²) in [6.45, 7) is 0.947. The van der Waals surface area contributed by atoms with Gasteiger partial charge in [-0.25, -0.2) is 0 Å². The molecule has 0 spiro atoms. The molecule has 0 radical (unpaired) electrons. The van der Waals surface area contributed by atoms with Crippen LogP contribution >= 0.6 is 0 Å². The van der Waals surface area contributed by atoms with E-state index in [0.29, 0.717) is 24.6 Å². The summed E-state index contributed by atoms with van der Waals surface area (Å²) in [4.78, 5) is 25.4. The lowest BCUT2D eigenvalue weighted by molar-refractivity contribution is -0.138. The van der Waals surface area contributed by atoms with Crippen molar-refractivity contribution in [1.82, 2.24) is 14.7 Å². The molecule has 1 atom stereocenters. The fraction of sp³-hybridized carbons (Fsp3) is 0.421. The molecular weight excluding hydrogens is 350 g/mol. The third-order valence-corrected chi connectivity index (χ3v) is 4.65. The summed E-state index contributed by atoms with van der Waals surface area (Å²) in [6, 6.07) is 9.02. The van der Waals surface area contributed by atoms with Gasteiger partial charge < -0.3 is 19.5 Å². The number of carbonyl (C=O) groups excluding carboxylic acids is 1. The molecule has 1 aliphatic heterocycles. The highest BCUT2D eigenvalue weighted by Gasteiger charge is 2.27. The van der Waals surface area contributed by atoms with Crippen LogP contribution in [0.25, 0.3) is 0 Å². The van der Waals surface area contributed by atoms with Crippen LogP contribution in [-0.4, -0.2) is 58.5 Å². The van der Waals surface area contributed by atoms with Gasteiger partial charge in [0.2, 0.25) is 0 Å². The summed E-state index contributed by atoms with van der Waals surface area (Å²) in [5.41, 5.74) is 0.848. The summed E-state index contributed by atoms with van der Waals surface area (Å²) in [5, 5.41) is 13.1. The number of methoxy groups -OCH3 is 1. The first kappa shape index (κ1) is 18.8. The molecule has 0 saturated carbocycles. The van der Waals surface area contributed by atoms with Gasteiger partial charge >= 0.3 is 5.97 Å². The van der Waals surface area contributed by atoms with E-state index in [1.54, 1.807) is 30.3 Å². The number of likely N-dealkylation sites (tertiary alicyclic amines) is 1. The number of nitrogens with zero attached hydrogens (tertiary/aromatic N) is 3. The number of carboxylic acid groups (broad SMARTS) is 1. The second kappa shape index (κ2) is 8.57. The molecule has 1 saturated heterocycles. The molecule has 1 amide bonds. The molecule has 0 bridgehead atoms. The average molecular weight is 373 g/mol. The van der Waals surface area contributed by atoms with Crippen LogP contribution in [0.4, 0.5) is 0 Å². The fourth-order valence-corrected chi connectivity index (χ4v) is 3.36. The molecule has 1 aromatic heterocycles. The van der Waals surface area contributed by atoms with E-state index >= 15 is 0 Å². The SMILES string of the molecule is COc1ccccc1OCC(=O)N1CCC[C@H](c2ccnn2CC(=O)O)C1. The Morgan fingerprint density at radius 2 is 2.04 bits per heavy atom. The van der Waals surface area contributed by atoms with Gasteiger partial charge in [-0.05, 0) is 31.0 Å². The van der Waals surface area contributed by atoms with E-state index in [-0.39, 0.29) is 25.0 Å². The second-order valence-corrected chi connectivity index (χ2v) is 6.43. The maximum atomic E-state index is 12.6. The number of ether oxygens (including phenoxy) is 2. The first-order valence-corrected chi connectivity index (χ1v) is 8.85. The number of piperidine rings is 1. The maximum absolute atomic E-state index is 12.6. The highest BCUT2D eigenvalue weighted by molar-refractivity contribution is 5.78. The Morgan fingerprint density at radius 1 is 1.26 bits per heavy atom. The van der Waals surface area contributed by atoms with Gasteiger partial charge in [-0.1, -0.05) is 12.1 Å². The molecule has 0 unspecified atom stereocenters. The van der Waals surface area contributed by atoms with Crippen molar-refractivity contribution >= 4 is 11.9 Å². The molecule has 8 heteroatoms. The smallest absolute Gasteiger partial charge is 0.325 e. The van der Waals surface area contributed by atoms with Crippen LogP contribution in [0.2, 0.25) is 0 Å². The van der Waals surface area contributed by atoms with Crippen molar-refractivity contribution in [2.24, 2.45) is 0 Å². The van der Waals surface area contributed by atoms with Gasteiger partial charge in [-0.3, -0.25) is 14.3 Å². The Morgan fingerprint density at radius 3 is 2.78 bits per heavy atom. The van der Waals surface area contributed by atoms with Crippen molar-refractivity contribution in [3.05, 3.63) is 42.2 Å². The predicted molar refractivity (Wildman–Crippen MR) is 96.9 cm³/mol. The minimum atomic E-state index is -0.936. The van der Waals surface area contributed by atoms with Crippen LogP contribution < -0.4 is 9.47 Å². The summed E-state index contributed by atoms with van der Waals surface area (Å²) in [5.74, 6) is 0.139. The van der Waals surface area contributed by atoms with Crippen molar-refractivity contribution in [2.75, 3.05) is 26.8 Å². The van der Waals surface area contributed by atoms with Crippen LogP contribution in [0.15, 0.2) is 36.5 Å². The van der Waals surface area contributed by atoms with E-state index in [2.05, 4.69) is 5.10 Å². The second-order valence-electron chi connectivity index (χ2n) is 6.43. The Kier molecular flexibility index (Phi) is 5.95. The van der Waals surface area contributed by atoms with Gasteiger partial charge in [0.05, 0.1) is 7.11 Å². The van der Waals surface area contributed by atoms with Gasteiger partial charge in [-0.15, -0.1) is 0 Å². The molecule has 144 valence electrons. The third kappa shape index (κ3) is 4.58. The van der Waals surface area contributed by atoms with E-state index < -0.39 is 5.97 Å². The van der Waals surface area contributed by atoms with Crippen LogP contribution in [0.3, 0.4) is 0 Å². The Bertz CT molecular complexity index is 804. The molecule has 0 aliphatic carbocycles. The number of benzene rings is 1. The van der Waals surface area contributed by atoms with Crippen molar-refractivity contribution in [2.45, 2.75) is 25.3 Å². The van der Waals surface area contributed by atoms with Crippen molar-refractivity contribution < 1.29 is 24.2 Å². The minimum absolute atomic E-state index is 0.0656. The Hall–Kier alpha value is -3.03. The third-order valence-electron chi connectivity index (χ3n) is 4.65. The number of aromatic nitrogens is 2. The number of carbonyl (C=O) groups is 2. The number of para-hydroxylation sites is 2. The monoisotopic (exact) mass is 373 g/mol. The zero-order chi connectivity index (χ0) is 19.2. The van der Waals surface area contributed by atoms with Crippen LogP contribution in [0.5, 0.6) is 11.5 Å². The lowest BCUT2D eigenvalue weighted by Gasteiger charge is -2.33. The van der Waals surface area contributed by atoms with E-state index in [1.165, 1.54) is 4.68 Å². The molecule has 3 rings (SSSR count). The highest BCUT2D eigenvalue weighted by Crippen LogP contribution is 2.28. The van der Waals surface area contributed by atoms with Crippen molar-refractivity contribution in [1.29, 1.82) is 0 Å². The minimum Gasteiger partial charge on any atom is -0.493 e. The topological polar surface area (TPSA) is 93.9 Å². The summed E-state index contributed by atoms with van der Waals surface area (Å²) in [6.07, 6.45) is 3.34. The van der Waals surface area contributed by atoms with Crippen LogP contribution in [0, 0.1) is 0 Å². The molecule has 27 heavy (non-hydrogen) atoms. The number of rotatable bonds is 7. The molecule has 2 heterocycles. The molecule has 1 aromatic carbocycles. The normalized spacial score (nSPS) is 16.8. The number of hydrogen-bond acceptors (Lipinski definition) is 5. The number of aliphatic carboxylic acids is 1. The molecular formula is C19H23N3O5. The quantitative estimate of drug-likeness (QED) is 0.795. The first-order chi connectivity index (χ1) is 13.1. The predicted octanol–water partition coefficient (Wildman–Crippen LogP) is 1.76. The number of carboxylic acids is 1. The van der Waals surface area contributed by atoms with E-state index in [1.807, 2.05) is 18.2 Å². The lowest BCUT2D eigenvalue weighted by Crippen LogP contribution is -2.42. The van der Waals surface area contributed by atoms with E-state index in [0.717, 1.165) is 18.5 Å². The van der Waals surface area contributed by atoms with Gasteiger partial charge in [0.25, 0.3) is 5.91 Å². The molecule has 1 aliphatic rings. The van der Waals surface area contributed by atoms with E-state index in [4.69, 9.17) is 14.6 Å². The maximum Gasteiger partial charge on any atom is 0.325 e. The van der Waals surface area contributed by atoms with Gasteiger partial charge in [0, 0.05) is 30.9 Å². The fourth-order valence-electron chi connectivity index (χ4n) is 3.36. The first-order valence-electron chi connectivity index (χ1n) is 8.85. The van der Waals surface area contributed by atoms with Crippen molar-refractivity contribution in [3.63, 3.8) is 0 Å². The molecule has 8 nitrogen and oxygen atoms in total. The lowest BCUT2D eigenvalue weighted by atomic mass is 9.94. The molecule has 2 aromatic rings. The zero-order valence-electron chi connectivity index (χ0n) is 15.2. The number of amides is 1. The van der Waals surface area contributed by atoms with Gasteiger partial charge in [-0.2, -0.15) is 5.10 Å². The van der Waals surface area contributed by atoms with Crippen molar-refractivity contribution in [3.8, 4) is 11.5 Å². The Balaban J connectivity index is 1.61. The largest absolute Gasteiger partial charge is 0.493 e. The molecule has 1 N–H and O–H groups in total. The van der Waals surface area contributed by atoms with Gasteiger partial charge in [0.15, 0.2) is 18.1 Å². The summed E-state index contributed by atoms with van der Waals surface area (Å²) >= 11 is 0. The van der Waals surface area contributed by atoms with Gasteiger partial charge in [0.1, 0.15) is 6.54 Å². The average Bonchev–Trinajstić information content (AvgIpc) is 3.13.